The van der Waals surface area contributed by atoms with Gasteiger partial charge in [-0.25, -0.2) is 14.8 Å². The molecule has 2 N–H and O–H groups in total. The number of nitrogens with zero attached hydrogens (tertiary/aromatic N) is 3. The van der Waals surface area contributed by atoms with Crippen LogP contribution in [-0.4, -0.2) is 40.2 Å². The topological polar surface area (TPSA) is 137 Å². The minimum absolute atomic E-state index is 0.0492. The SMILES string of the molecule is COc1ccc(CNc2nc(-c3ccc(C(=O)O)cc3)nc3sc([N+](=O)[O-])cc23)cc1OC. The second kappa shape index (κ2) is 9.09. The number of hydrogen-bond acceptors (Lipinski definition) is 9. The minimum atomic E-state index is -1.04. The summed E-state index contributed by atoms with van der Waals surface area (Å²) in [4.78, 5) is 31.5. The minimum Gasteiger partial charge on any atom is -0.493 e. The second-order valence-electron chi connectivity index (χ2n) is 6.88. The molecule has 0 radical (unpaired) electrons. The summed E-state index contributed by atoms with van der Waals surface area (Å²) in [6.07, 6.45) is 0. The maximum atomic E-state index is 11.3. The lowest BCUT2D eigenvalue weighted by Gasteiger charge is -2.12. The molecule has 0 aliphatic heterocycles. The predicted octanol–water partition coefficient (Wildman–Crippen LogP) is 4.59. The van der Waals surface area contributed by atoms with Crippen molar-refractivity contribution >= 4 is 38.3 Å². The lowest BCUT2D eigenvalue weighted by atomic mass is 10.1. The third kappa shape index (κ3) is 4.53. The molecule has 2 aromatic heterocycles. The van der Waals surface area contributed by atoms with Crippen LogP contribution in [0.3, 0.4) is 0 Å². The van der Waals surface area contributed by atoms with Gasteiger partial charge in [-0.1, -0.05) is 18.2 Å². The van der Waals surface area contributed by atoms with Crippen LogP contribution in [0.25, 0.3) is 21.6 Å². The van der Waals surface area contributed by atoms with Gasteiger partial charge in [0.15, 0.2) is 17.3 Å². The molecule has 0 atom stereocenters. The fraction of sp³-hybridized carbons (Fsp3) is 0.136. The highest BCUT2D eigenvalue weighted by Crippen LogP contribution is 2.36. The van der Waals surface area contributed by atoms with E-state index in [-0.39, 0.29) is 10.6 Å². The third-order valence-electron chi connectivity index (χ3n) is 4.86. The monoisotopic (exact) mass is 466 g/mol. The van der Waals surface area contributed by atoms with Crippen molar-refractivity contribution in [2.24, 2.45) is 0 Å². The predicted molar refractivity (Wildman–Crippen MR) is 123 cm³/mol. The summed E-state index contributed by atoms with van der Waals surface area (Å²) in [5.41, 5.74) is 1.61. The van der Waals surface area contributed by atoms with E-state index in [2.05, 4.69) is 15.3 Å². The average Bonchev–Trinajstić information content (AvgIpc) is 3.27. The highest BCUT2D eigenvalue weighted by molar-refractivity contribution is 7.21. The van der Waals surface area contributed by atoms with Gasteiger partial charge in [0.25, 0.3) is 0 Å². The first-order chi connectivity index (χ1) is 15.9. The van der Waals surface area contributed by atoms with Gasteiger partial charge in [0, 0.05) is 18.2 Å². The Labute approximate surface area is 191 Å². The normalized spacial score (nSPS) is 10.7. The molecular formula is C22H18N4O6S. The Morgan fingerprint density at radius 2 is 1.82 bits per heavy atom. The van der Waals surface area contributed by atoms with Crippen molar-refractivity contribution in [1.82, 2.24) is 9.97 Å². The molecule has 0 saturated carbocycles. The molecule has 4 aromatic rings. The number of thiophene rings is 1. The Bertz CT molecular complexity index is 1350. The van der Waals surface area contributed by atoms with Crippen molar-refractivity contribution < 1.29 is 24.3 Å². The second-order valence-corrected chi connectivity index (χ2v) is 7.89. The van der Waals surface area contributed by atoms with Crippen LogP contribution in [0.4, 0.5) is 10.8 Å². The van der Waals surface area contributed by atoms with Crippen molar-refractivity contribution in [3.8, 4) is 22.9 Å². The number of fused-ring (bicyclic) bond motifs is 1. The summed E-state index contributed by atoms with van der Waals surface area (Å²) in [6.45, 7) is 0.369. The molecule has 11 heteroatoms. The Morgan fingerprint density at radius 1 is 1.09 bits per heavy atom. The van der Waals surface area contributed by atoms with E-state index in [4.69, 9.17) is 14.6 Å². The van der Waals surface area contributed by atoms with E-state index in [0.29, 0.717) is 45.5 Å². The van der Waals surface area contributed by atoms with Gasteiger partial charge in [0.1, 0.15) is 10.6 Å². The summed E-state index contributed by atoms with van der Waals surface area (Å²) < 4.78 is 10.6. The Morgan fingerprint density at radius 3 is 2.45 bits per heavy atom. The van der Waals surface area contributed by atoms with Crippen LogP contribution in [-0.2, 0) is 6.54 Å². The third-order valence-corrected chi connectivity index (χ3v) is 5.84. The van der Waals surface area contributed by atoms with Crippen LogP contribution in [0.1, 0.15) is 15.9 Å². The van der Waals surface area contributed by atoms with Gasteiger partial charge in [-0.2, -0.15) is 0 Å². The standard InChI is InChI=1S/C22H18N4O6S/c1-31-16-8-3-12(9-17(16)32-2)11-23-20-15-10-18(26(29)30)33-21(15)25-19(24-20)13-4-6-14(7-5-13)22(27)28/h3-10H,11H2,1-2H3,(H,27,28)(H,23,24,25). The van der Waals surface area contributed by atoms with Crippen molar-refractivity contribution in [2.75, 3.05) is 19.5 Å². The van der Waals surface area contributed by atoms with Crippen LogP contribution < -0.4 is 14.8 Å². The number of aromatic nitrogens is 2. The first kappa shape index (κ1) is 22.0. The zero-order valence-corrected chi connectivity index (χ0v) is 18.4. The molecular weight excluding hydrogens is 448 g/mol. The van der Waals surface area contributed by atoms with Gasteiger partial charge in [-0.15, -0.1) is 0 Å². The fourth-order valence-electron chi connectivity index (χ4n) is 3.20. The molecule has 0 fully saturated rings. The summed E-state index contributed by atoms with van der Waals surface area (Å²) in [7, 11) is 3.11. The Kier molecular flexibility index (Phi) is 6.05. The lowest BCUT2D eigenvalue weighted by Crippen LogP contribution is -2.04. The smallest absolute Gasteiger partial charge is 0.335 e. The largest absolute Gasteiger partial charge is 0.493 e. The summed E-state index contributed by atoms with van der Waals surface area (Å²) in [5, 5.41) is 24.1. The number of carboxylic acid groups (broad SMARTS) is 1. The van der Waals surface area contributed by atoms with E-state index in [1.807, 2.05) is 12.1 Å². The highest BCUT2D eigenvalue weighted by Gasteiger charge is 2.18. The van der Waals surface area contributed by atoms with E-state index >= 15 is 0 Å². The maximum Gasteiger partial charge on any atom is 0.335 e. The van der Waals surface area contributed by atoms with E-state index in [0.717, 1.165) is 16.9 Å². The van der Waals surface area contributed by atoms with Crippen molar-refractivity contribution in [3.63, 3.8) is 0 Å². The van der Waals surface area contributed by atoms with Crippen molar-refractivity contribution in [2.45, 2.75) is 6.54 Å². The van der Waals surface area contributed by atoms with Gasteiger partial charge in [0.05, 0.1) is 30.1 Å². The summed E-state index contributed by atoms with van der Waals surface area (Å²) in [6, 6.07) is 13.0. The summed E-state index contributed by atoms with van der Waals surface area (Å²) >= 11 is 0.948. The molecule has 0 bridgehead atoms. The zero-order chi connectivity index (χ0) is 23.5. The molecule has 0 amide bonds. The molecule has 0 aliphatic carbocycles. The van der Waals surface area contributed by atoms with E-state index in [1.54, 1.807) is 32.4 Å². The molecule has 0 saturated heterocycles. The zero-order valence-electron chi connectivity index (χ0n) is 17.6. The van der Waals surface area contributed by atoms with Gasteiger partial charge in [-0.05, 0) is 41.2 Å². The molecule has 0 unspecified atom stereocenters. The van der Waals surface area contributed by atoms with Crippen molar-refractivity contribution in [3.05, 3.63) is 69.8 Å². The Balaban J connectivity index is 1.72. The molecule has 2 heterocycles. The first-order valence-corrected chi connectivity index (χ1v) is 10.5. The van der Waals surface area contributed by atoms with E-state index in [9.17, 15) is 14.9 Å². The molecule has 0 aliphatic rings. The molecule has 10 nitrogen and oxygen atoms in total. The number of carboxylic acids is 1. The van der Waals surface area contributed by atoms with Gasteiger partial charge >= 0.3 is 11.0 Å². The number of nitro groups is 1. The number of rotatable bonds is 8. The number of anilines is 1. The molecule has 4 rings (SSSR count). The number of benzene rings is 2. The first-order valence-electron chi connectivity index (χ1n) is 9.64. The lowest BCUT2D eigenvalue weighted by molar-refractivity contribution is -0.380. The van der Waals surface area contributed by atoms with Crippen LogP contribution in [0, 0.1) is 10.1 Å². The van der Waals surface area contributed by atoms with Crippen LogP contribution in [0.15, 0.2) is 48.5 Å². The van der Waals surface area contributed by atoms with Crippen LogP contribution in [0.5, 0.6) is 11.5 Å². The quantitative estimate of drug-likeness (QED) is 0.282. The van der Waals surface area contributed by atoms with Gasteiger partial charge < -0.3 is 19.9 Å². The molecule has 33 heavy (non-hydrogen) atoms. The van der Waals surface area contributed by atoms with E-state index < -0.39 is 10.9 Å². The van der Waals surface area contributed by atoms with E-state index in [1.165, 1.54) is 18.2 Å². The number of nitrogens with one attached hydrogen (secondary N) is 1. The number of methoxy groups -OCH3 is 2. The van der Waals surface area contributed by atoms with Gasteiger partial charge in [0.2, 0.25) is 0 Å². The number of ether oxygens (including phenoxy) is 2. The van der Waals surface area contributed by atoms with Crippen LogP contribution >= 0.6 is 11.3 Å². The maximum absolute atomic E-state index is 11.3. The highest BCUT2D eigenvalue weighted by atomic mass is 32.1. The number of aromatic carboxylic acids is 1. The number of carbonyl (C=O) groups is 1. The fourth-order valence-corrected chi connectivity index (χ4v) is 4.05. The Hall–Kier alpha value is -4.25. The molecule has 168 valence electrons. The molecule has 2 aromatic carbocycles. The molecule has 0 spiro atoms. The van der Waals surface area contributed by atoms with Crippen LogP contribution in [0.2, 0.25) is 0 Å². The van der Waals surface area contributed by atoms with Crippen molar-refractivity contribution in [1.29, 1.82) is 0 Å². The van der Waals surface area contributed by atoms with Gasteiger partial charge in [-0.3, -0.25) is 10.1 Å². The summed E-state index contributed by atoms with van der Waals surface area (Å²) in [5.74, 6) is 0.896. The number of hydrogen-bond donors (Lipinski definition) is 2. The average molecular weight is 466 g/mol.